The number of nitrogens with zero attached hydrogens (tertiary/aromatic N) is 1. The zero-order valence-electron chi connectivity index (χ0n) is 17.6. The molecule has 3 nitrogen and oxygen atoms in total. The minimum absolute atomic E-state index is 0.405. The van der Waals surface area contributed by atoms with Crippen LogP contribution in [-0.4, -0.2) is 13.4 Å². The maximum Gasteiger partial charge on any atom is 0.161 e. The van der Waals surface area contributed by atoms with E-state index in [1.807, 2.05) is 103 Å². The first kappa shape index (κ1) is 21.0. The van der Waals surface area contributed by atoms with Gasteiger partial charge in [0.15, 0.2) is 7.14 Å². The zero-order chi connectivity index (χ0) is 21.5. The normalized spacial score (nSPS) is 11.1. The van der Waals surface area contributed by atoms with Crippen LogP contribution < -0.4 is 20.2 Å². The van der Waals surface area contributed by atoms with E-state index in [1.165, 1.54) is 5.56 Å². The number of anilines is 1. The number of hydrogen-bond donors (Lipinski definition) is 0. The lowest BCUT2D eigenvalue weighted by atomic mass is 10.2. The summed E-state index contributed by atoms with van der Waals surface area (Å²) in [4.78, 5) is 2.20. The highest BCUT2D eigenvalue weighted by atomic mass is 31.2. The molecule has 0 aliphatic carbocycles. The van der Waals surface area contributed by atoms with Crippen LogP contribution in [0.1, 0.15) is 5.56 Å². The third kappa shape index (κ3) is 4.90. The second-order valence-electron chi connectivity index (χ2n) is 7.43. The number of rotatable bonds is 8. The van der Waals surface area contributed by atoms with Crippen molar-refractivity contribution in [1.82, 2.24) is 0 Å². The van der Waals surface area contributed by atoms with Gasteiger partial charge in [0, 0.05) is 22.8 Å². The molecule has 0 N–H and O–H groups in total. The Morgan fingerprint density at radius 1 is 0.677 bits per heavy atom. The maximum absolute atomic E-state index is 14.6. The first-order valence-corrected chi connectivity index (χ1v) is 12.2. The van der Waals surface area contributed by atoms with Gasteiger partial charge < -0.3 is 14.2 Å². The van der Waals surface area contributed by atoms with Crippen LogP contribution in [0.15, 0.2) is 115 Å². The van der Waals surface area contributed by atoms with Crippen molar-refractivity contribution in [3.05, 3.63) is 121 Å². The third-order valence-electron chi connectivity index (χ3n) is 5.37. The predicted octanol–water partition coefficient (Wildman–Crippen LogP) is 5.67. The summed E-state index contributed by atoms with van der Waals surface area (Å²) in [7, 11) is -1.24. The standard InChI is InChI=1S/C27H26NO2P/c1-30-25-19-17-24(18-20-25)28(21-23-11-5-2-6-12-23)22-31(29,26-13-7-3-8-14-26)27-15-9-4-10-16-27/h2-20H,21-22H2,1H3. The molecule has 0 aliphatic rings. The average Bonchev–Trinajstić information content (AvgIpc) is 2.85. The summed E-state index contributed by atoms with van der Waals surface area (Å²) in [6.07, 6.45) is 0.405. The Morgan fingerprint density at radius 3 is 1.65 bits per heavy atom. The number of methoxy groups -OCH3 is 1. The monoisotopic (exact) mass is 427 g/mol. The van der Waals surface area contributed by atoms with E-state index >= 15 is 0 Å². The van der Waals surface area contributed by atoms with Crippen molar-refractivity contribution in [2.75, 3.05) is 18.3 Å². The molecule has 0 spiro atoms. The Bertz CT molecular complexity index is 1090. The van der Waals surface area contributed by atoms with Crippen LogP contribution in [0.25, 0.3) is 0 Å². The molecule has 0 aliphatic heterocycles. The molecular formula is C27H26NO2P. The number of benzene rings is 4. The van der Waals surface area contributed by atoms with Gasteiger partial charge in [0.25, 0.3) is 0 Å². The lowest BCUT2D eigenvalue weighted by Gasteiger charge is -2.30. The van der Waals surface area contributed by atoms with Crippen molar-refractivity contribution in [3.8, 4) is 5.75 Å². The smallest absolute Gasteiger partial charge is 0.161 e. The van der Waals surface area contributed by atoms with E-state index < -0.39 is 7.14 Å². The lowest BCUT2D eigenvalue weighted by Crippen LogP contribution is -2.30. The summed E-state index contributed by atoms with van der Waals surface area (Å²) in [6.45, 7) is 0.664. The van der Waals surface area contributed by atoms with Crippen molar-refractivity contribution in [2.45, 2.75) is 6.54 Å². The summed E-state index contributed by atoms with van der Waals surface area (Å²) >= 11 is 0. The van der Waals surface area contributed by atoms with Gasteiger partial charge in [0.05, 0.1) is 13.4 Å². The van der Waals surface area contributed by atoms with Crippen LogP contribution in [-0.2, 0) is 11.1 Å². The van der Waals surface area contributed by atoms with Gasteiger partial charge in [-0.15, -0.1) is 0 Å². The summed E-state index contributed by atoms with van der Waals surface area (Å²) in [5.74, 6) is 0.803. The molecule has 31 heavy (non-hydrogen) atoms. The van der Waals surface area contributed by atoms with E-state index in [0.717, 1.165) is 22.0 Å². The number of hydrogen-bond acceptors (Lipinski definition) is 3. The van der Waals surface area contributed by atoms with Gasteiger partial charge in [-0.3, -0.25) is 0 Å². The predicted molar refractivity (Wildman–Crippen MR) is 130 cm³/mol. The number of ether oxygens (including phenoxy) is 1. The van der Waals surface area contributed by atoms with Crippen molar-refractivity contribution in [2.24, 2.45) is 0 Å². The minimum Gasteiger partial charge on any atom is -0.497 e. The molecule has 0 saturated carbocycles. The molecule has 0 bridgehead atoms. The van der Waals surface area contributed by atoms with Gasteiger partial charge in [-0.05, 0) is 29.8 Å². The van der Waals surface area contributed by atoms with Crippen molar-refractivity contribution in [3.63, 3.8) is 0 Å². The second-order valence-corrected chi connectivity index (χ2v) is 10.2. The van der Waals surface area contributed by atoms with E-state index in [2.05, 4.69) is 17.0 Å². The molecule has 0 unspecified atom stereocenters. The third-order valence-corrected chi connectivity index (χ3v) is 8.37. The van der Waals surface area contributed by atoms with Crippen LogP contribution in [0, 0.1) is 0 Å². The van der Waals surface area contributed by atoms with Crippen molar-refractivity contribution >= 4 is 23.4 Å². The Labute approximate surface area is 184 Å². The quantitative estimate of drug-likeness (QED) is 0.339. The first-order chi connectivity index (χ1) is 15.2. The Hall–Kier alpha value is -3.29. The van der Waals surface area contributed by atoms with E-state index in [9.17, 15) is 4.57 Å². The SMILES string of the molecule is COc1ccc(N(Cc2ccccc2)CP(=O)(c2ccccc2)c2ccccc2)cc1. The summed E-state index contributed by atoms with van der Waals surface area (Å²) in [6, 6.07) is 37.9. The molecule has 0 amide bonds. The fraction of sp³-hybridized carbons (Fsp3) is 0.111. The molecule has 0 fully saturated rings. The van der Waals surface area contributed by atoms with E-state index in [0.29, 0.717) is 12.8 Å². The van der Waals surface area contributed by atoms with E-state index in [4.69, 9.17) is 4.74 Å². The summed E-state index contributed by atoms with van der Waals surface area (Å²) in [5, 5.41) is 1.74. The summed E-state index contributed by atoms with van der Waals surface area (Å²) < 4.78 is 20.0. The molecule has 0 heterocycles. The van der Waals surface area contributed by atoms with Crippen LogP contribution >= 0.6 is 7.14 Å². The Balaban J connectivity index is 1.77. The Kier molecular flexibility index (Phi) is 6.54. The highest BCUT2D eigenvalue weighted by Crippen LogP contribution is 2.45. The molecular weight excluding hydrogens is 401 g/mol. The van der Waals surface area contributed by atoms with Crippen LogP contribution in [0.5, 0.6) is 5.75 Å². The van der Waals surface area contributed by atoms with Crippen molar-refractivity contribution < 1.29 is 9.30 Å². The molecule has 0 atom stereocenters. The highest BCUT2D eigenvalue weighted by Gasteiger charge is 2.30. The molecule has 156 valence electrons. The molecule has 0 saturated heterocycles. The molecule has 0 radical (unpaired) electrons. The van der Waals surface area contributed by atoms with Gasteiger partial charge in [0.2, 0.25) is 0 Å². The second kappa shape index (κ2) is 9.68. The van der Waals surface area contributed by atoms with E-state index in [1.54, 1.807) is 7.11 Å². The summed E-state index contributed by atoms with van der Waals surface area (Å²) in [5.41, 5.74) is 2.18. The highest BCUT2D eigenvalue weighted by molar-refractivity contribution is 7.78. The molecule has 4 rings (SSSR count). The average molecular weight is 427 g/mol. The maximum atomic E-state index is 14.6. The fourth-order valence-electron chi connectivity index (χ4n) is 3.71. The lowest BCUT2D eigenvalue weighted by molar-refractivity contribution is 0.415. The molecule has 4 aromatic rings. The molecule has 4 heteroatoms. The fourth-order valence-corrected chi connectivity index (χ4v) is 6.39. The van der Waals surface area contributed by atoms with Gasteiger partial charge in [-0.25, -0.2) is 0 Å². The van der Waals surface area contributed by atoms with Crippen LogP contribution in [0.2, 0.25) is 0 Å². The topological polar surface area (TPSA) is 29.5 Å². The zero-order valence-corrected chi connectivity index (χ0v) is 18.5. The van der Waals surface area contributed by atoms with Gasteiger partial charge in [-0.2, -0.15) is 0 Å². The molecule has 0 aromatic heterocycles. The minimum atomic E-state index is -2.91. The molecule has 4 aromatic carbocycles. The Morgan fingerprint density at radius 2 is 1.16 bits per heavy atom. The van der Waals surface area contributed by atoms with Gasteiger partial charge in [-0.1, -0.05) is 91.0 Å². The van der Waals surface area contributed by atoms with Crippen LogP contribution in [0.4, 0.5) is 5.69 Å². The van der Waals surface area contributed by atoms with Crippen molar-refractivity contribution in [1.29, 1.82) is 0 Å². The largest absolute Gasteiger partial charge is 0.497 e. The van der Waals surface area contributed by atoms with Gasteiger partial charge >= 0.3 is 0 Å². The van der Waals surface area contributed by atoms with Crippen LogP contribution in [0.3, 0.4) is 0 Å². The first-order valence-electron chi connectivity index (χ1n) is 10.3. The van der Waals surface area contributed by atoms with E-state index in [-0.39, 0.29) is 0 Å². The van der Waals surface area contributed by atoms with Gasteiger partial charge in [0.1, 0.15) is 5.75 Å².